The fraction of sp³-hybridized carbons (Fsp3) is 0.316. The molecule has 3 aromatic rings. The van der Waals surface area contributed by atoms with E-state index in [-0.39, 0.29) is 6.61 Å². The van der Waals surface area contributed by atoms with Crippen LogP contribution in [0.25, 0.3) is 16.7 Å². The van der Waals surface area contributed by atoms with E-state index in [9.17, 15) is 5.11 Å². The van der Waals surface area contributed by atoms with Gasteiger partial charge in [0.15, 0.2) is 0 Å². The molecule has 0 aliphatic carbocycles. The Hall–Kier alpha value is -2.17. The van der Waals surface area contributed by atoms with E-state index >= 15 is 0 Å². The average molecular weight is 310 g/mol. The second-order valence-electron chi connectivity index (χ2n) is 5.78. The molecule has 3 rings (SSSR count). The van der Waals surface area contributed by atoms with E-state index in [2.05, 4.69) is 23.6 Å². The highest BCUT2D eigenvalue weighted by Gasteiger charge is 2.13. The van der Waals surface area contributed by atoms with Crippen LogP contribution in [0.1, 0.15) is 36.9 Å². The van der Waals surface area contributed by atoms with Crippen LogP contribution in [0, 0.1) is 0 Å². The van der Waals surface area contributed by atoms with Gasteiger partial charge in [0.05, 0.1) is 17.1 Å². The zero-order chi connectivity index (χ0) is 16.4. The van der Waals surface area contributed by atoms with Gasteiger partial charge in [0.25, 0.3) is 0 Å². The molecule has 0 fully saturated rings. The van der Waals surface area contributed by atoms with Crippen LogP contribution < -0.4 is 0 Å². The van der Waals surface area contributed by atoms with E-state index in [1.165, 1.54) is 0 Å². The monoisotopic (exact) mass is 310 g/mol. The van der Waals surface area contributed by atoms with Crippen molar-refractivity contribution in [1.82, 2.24) is 9.55 Å². The Kier molecular flexibility index (Phi) is 4.46. The van der Waals surface area contributed by atoms with Crippen molar-refractivity contribution in [3.8, 4) is 5.69 Å². The van der Waals surface area contributed by atoms with Crippen molar-refractivity contribution in [2.24, 2.45) is 0 Å². The lowest BCUT2D eigenvalue weighted by Crippen LogP contribution is -2.00. The van der Waals surface area contributed by atoms with Gasteiger partial charge in [-0.1, -0.05) is 25.1 Å². The quantitative estimate of drug-likeness (QED) is 0.761. The Balaban J connectivity index is 2.11. The minimum Gasteiger partial charge on any atom is -0.396 e. The summed E-state index contributed by atoms with van der Waals surface area (Å²) in [5, 5.41) is 18.8. The highest BCUT2D eigenvalue weighted by molar-refractivity contribution is 5.79. The van der Waals surface area contributed by atoms with E-state index in [0.717, 1.165) is 40.1 Å². The van der Waals surface area contributed by atoms with Crippen LogP contribution in [0.15, 0.2) is 42.5 Å². The first-order chi connectivity index (χ1) is 11.1. The topological polar surface area (TPSA) is 58.3 Å². The Morgan fingerprint density at radius 3 is 2.48 bits per heavy atom. The number of imidazole rings is 1. The lowest BCUT2D eigenvalue weighted by atomic mass is 10.1. The molecule has 1 unspecified atom stereocenters. The Bertz CT molecular complexity index is 804. The maximum absolute atomic E-state index is 9.76. The smallest absolute Gasteiger partial charge is 0.114 e. The van der Waals surface area contributed by atoms with Crippen LogP contribution in [0.3, 0.4) is 0 Å². The van der Waals surface area contributed by atoms with Gasteiger partial charge in [-0.3, -0.25) is 4.57 Å². The molecule has 0 aliphatic rings. The van der Waals surface area contributed by atoms with Crippen molar-refractivity contribution in [1.29, 1.82) is 0 Å². The van der Waals surface area contributed by atoms with Crippen molar-refractivity contribution < 1.29 is 10.2 Å². The van der Waals surface area contributed by atoms with Gasteiger partial charge in [0.2, 0.25) is 0 Å². The van der Waals surface area contributed by atoms with E-state index in [4.69, 9.17) is 10.1 Å². The van der Waals surface area contributed by atoms with Gasteiger partial charge in [-0.2, -0.15) is 0 Å². The molecule has 0 spiro atoms. The lowest BCUT2D eigenvalue weighted by molar-refractivity contribution is 0.199. The van der Waals surface area contributed by atoms with E-state index in [0.29, 0.717) is 6.42 Å². The Morgan fingerprint density at radius 1 is 1.13 bits per heavy atom. The van der Waals surface area contributed by atoms with Crippen molar-refractivity contribution in [3.63, 3.8) is 0 Å². The summed E-state index contributed by atoms with van der Waals surface area (Å²) in [7, 11) is 0. The maximum Gasteiger partial charge on any atom is 0.114 e. The molecule has 0 radical (unpaired) electrons. The molecule has 0 amide bonds. The van der Waals surface area contributed by atoms with Crippen LogP contribution in [0.5, 0.6) is 0 Å². The molecule has 0 bridgehead atoms. The number of hydrogen-bond acceptors (Lipinski definition) is 3. The summed E-state index contributed by atoms with van der Waals surface area (Å²) in [6, 6.07) is 14.1. The normalized spacial score (nSPS) is 12.7. The molecule has 1 atom stereocenters. The Morgan fingerprint density at radius 2 is 1.87 bits per heavy atom. The summed E-state index contributed by atoms with van der Waals surface area (Å²) in [6.07, 6.45) is 1.01. The van der Waals surface area contributed by atoms with Gasteiger partial charge in [0.1, 0.15) is 5.82 Å². The van der Waals surface area contributed by atoms with Gasteiger partial charge < -0.3 is 10.2 Å². The molecule has 0 aliphatic heterocycles. The van der Waals surface area contributed by atoms with Crippen LogP contribution >= 0.6 is 0 Å². The van der Waals surface area contributed by atoms with Crippen molar-refractivity contribution in [3.05, 3.63) is 59.4 Å². The molecule has 0 saturated heterocycles. The van der Waals surface area contributed by atoms with Gasteiger partial charge in [0, 0.05) is 18.7 Å². The molecule has 23 heavy (non-hydrogen) atoms. The minimum atomic E-state index is -0.493. The van der Waals surface area contributed by atoms with Crippen LogP contribution in [-0.4, -0.2) is 26.4 Å². The first-order valence-electron chi connectivity index (χ1n) is 8.03. The number of aryl methyl sites for hydroxylation is 1. The number of aliphatic hydroxyl groups excluding tert-OH is 2. The van der Waals surface area contributed by atoms with Crippen molar-refractivity contribution >= 4 is 11.0 Å². The fourth-order valence-electron chi connectivity index (χ4n) is 2.87. The first-order valence-corrected chi connectivity index (χ1v) is 8.03. The summed E-state index contributed by atoms with van der Waals surface area (Å²) < 4.78 is 2.16. The van der Waals surface area contributed by atoms with Crippen LogP contribution in [0.2, 0.25) is 0 Å². The molecule has 2 aromatic carbocycles. The highest BCUT2D eigenvalue weighted by atomic mass is 16.3. The SMILES string of the molecule is CCc1nc2cc(C(C)O)ccc2n1-c1ccc(CCO)cc1. The second kappa shape index (κ2) is 6.52. The van der Waals surface area contributed by atoms with Crippen LogP contribution in [-0.2, 0) is 12.8 Å². The van der Waals surface area contributed by atoms with E-state index in [1.807, 2.05) is 30.3 Å². The van der Waals surface area contributed by atoms with E-state index < -0.39 is 6.10 Å². The lowest BCUT2D eigenvalue weighted by Gasteiger charge is -2.10. The van der Waals surface area contributed by atoms with Gasteiger partial charge >= 0.3 is 0 Å². The summed E-state index contributed by atoms with van der Waals surface area (Å²) in [4.78, 5) is 4.72. The predicted molar refractivity (Wildman–Crippen MR) is 91.9 cm³/mol. The number of aliphatic hydroxyl groups is 2. The number of fused-ring (bicyclic) bond motifs is 1. The zero-order valence-electron chi connectivity index (χ0n) is 13.5. The van der Waals surface area contributed by atoms with Crippen LogP contribution in [0.4, 0.5) is 0 Å². The number of nitrogens with zero attached hydrogens (tertiary/aromatic N) is 2. The van der Waals surface area contributed by atoms with E-state index in [1.54, 1.807) is 6.92 Å². The number of hydrogen-bond donors (Lipinski definition) is 2. The average Bonchev–Trinajstić information content (AvgIpc) is 2.93. The zero-order valence-corrected chi connectivity index (χ0v) is 13.5. The summed E-state index contributed by atoms with van der Waals surface area (Å²) >= 11 is 0. The number of rotatable bonds is 5. The number of aromatic nitrogens is 2. The molecule has 1 aromatic heterocycles. The summed E-state index contributed by atoms with van der Waals surface area (Å²) in [5.74, 6) is 0.998. The molecular weight excluding hydrogens is 288 g/mol. The molecule has 0 saturated carbocycles. The molecule has 4 heteroatoms. The molecular formula is C19H22N2O2. The third-order valence-electron chi connectivity index (χ3n) is 4.14. The van der Waals surface area contributed by atoms with Gasteiger partial charge in [-0.15, -0.1) is 0 Å². The Labute approximate surface area is 136 Å². The summed E-state index contributed by atoms with van der Waals surface area (Å²) in [6.45, 7) is 4.02. The van der Waals surface area contributed by atoms with Crippen molar-refractivity contribution in [2.75, 3.05) is 6.61 Å². The molecule has 120 valence electrons. The molecule has 2 N–H and O–H groups in total. The first kappa shape index (κ1) is 15.7. The predicted octanol–water partition coefficient (Wildman–Crippen LogP) is 3.18. The number of benzene rings is 2. The second-order valence-corrected chi connectivity index (χ2v) is 5.78. The van der Waals surface area contributed by atoms with Gasteiger partial charge in [-0.25, -0.2) is 4.98 Å². The molecule has 1 heterocycles. The summed E-state index contributed by atoms with van der Waals surface area (Å²) in [5.41, 5.74) is 5.01. The third-order valence-corrected chi connectivity index (χ3v) is 4.14. The fourth-order valence-corrected chi connectivity index (χ4v) is 2.87. The standard InChI is InChI=1S/C19H22N2O2/c1-3-19-20-17-12-15(13(2)23)6-9-18(17)21(19)16-7-4-14(5-8-16)10-11-22/h4-9,12-13,22-23H,3,10-11H2,1-2H3. The maximum atomic E-state index is 9.76. The third kappa shape index (κ3) is 3.00. The van der Waals surface area contributed by atoms with Gasteiger partial charge in [-0.05, 0) is 48.7 Å². The largest absolute Gasteiger partial charge is 0.396 e. The van der Waals surface area contributed by atoms with Crippen molar-refractivity contribution in [2.45, 2.75) is 32.8 Å². The highest BCUT2D eigenvalue weighted by Crippen LogP contribution is 2.25. The molecule has 4 nitrogen and oxygen atoms in total. The minimum absolute atomic E-state index is 0.162.